The van der Waals surface area contributed by atoms with Gasteiger partial charge in [-0.15, -0.1) is 0 Å². The fourth-order valence-electron chi connectivity index (χ4n) is 3.85. The average molecular weight is 250 g/mol. The van der Waals surface area contributed by atoms with Crippen molar-refractivity contribution in [3.63, 3.8) is 0 Å². The van der Waals surface area contributed by atoms with Gasteiger partial charge in [-0.3, -0.25) is 9.59 Å². The standard InChI is InChI=1S/C14H18O4/c1-6(2)18-14(17)12-8-4-3-7(9-5-10(8)9)11(12)13(15)16/h3-4,6-12H,5H2,1-2H3,(H,15,16)/t7-,8-,9-,10-,11-,12+/m0/s1. The van der Waals surface area contributed by atoms with Crippen molar-refractivity contribution in [1.29, 1.82) is 0 Å². The minimum atomic E-state index is -0.856. The number of ether oxygens (including phenoxy) is 1. The molecule has 4 aliphatic carbocycles. The molecule has 1 N–H and O–H groups in total. The Balaban J connectivity index is 1.89. The van der Waals surface area contributed by atoms with E-state index >= 15 is 0 Å². The molecule has 0 aromatic rings. The number of hydrogen-bond donors (Lipinski definition) is 1. The summed E-state index contributed by atoms with van der Waals surface area (Å²) in [6.45, 7) is 3.59. The lowest BCUT2D eigenvalue weighted by atomic mass is 9.62. The number of fused-ring (bicyclic) bond motifs is 1. The third kappa shape index (κ3) is 1.58. The van der Waals surface area contributed by atoms with Gasteiger partial charge >= 0.3 is 11.9 Å². The van der Waals surface area contributed by atoms with Crippen molar-refractivity contribution in [3.8, 4) is 0 Å². The van der Waals surface area contributed by atoms with Crippen LogP contribution in [0.1, 0.15) is 20.3 Å². The number of allylic oxidation sites excluding steroid dienone is 2. The van der Waals surface area contributed by atoms with E-state index in [0.717, 1.165) is 6.42 Å². The van der Waals surface area contributed by atoms with Gasteiger partial charge in [-0.05, 0) is 43.9 Å². The molecule has 0 aromatic heterocycles. The zero-order valence-electron chi connectivity index (χ0n) is 10.6. The van der Waals surface area contributed by atoms with Gasteiger partial charge in [0, 0.05) is 0 Å². The summed E-state index contributed by atoms with van der Waals surface area (Å²) in [7, 11) is 0. The Morgan fingerprint density at radius 1 is 1.17 bits per heavy atom. The molecule has 4 aliphatic rings. The summed E-state index contributed by atoms with van der Waals surface area (Å²) < 4.78 is 5.25. The number of esters is 1. The first-order valence-electron chi connectivity index (χ1n) is 6.62. The summed E-state index contributed by atoms with van der Waals surface area (Å²) in [6, 6.07) is 0. The van der Waals surface area contributed by atoms with Crippen LogP contribution in [-0.2, 0) is 14.3 Å². The van der Waals surface area contributed by atoms with E-state index in [4.69, 9.17) is 4.74 Å². The van der Waals surface area contributed by atoms with Crippen LogP contribution in [0.3, 0.4) is 0 Å². The molecule has 4 heteroatoms. The predicted molar refractivity (Wildman–Crippen MR) is 63.6 cm³/mol. The first-order valence-corrected chi connectivity index (χ1v) is 6.62. The van der Waals surface area contributed by atoms with E-state index in [1.807, 2.05) is 12.2 Å². The monoisotopic (exact) mass is 250 g/mol. The molecule has 0 heterocycles. The summed E-state index contributed by atoms with van der Waals surface area (Å²) in [5, 5.41) is 9.41. The second-order valence-corrected chi connectivity index (χ2v) is 5.98. The fraction of sp³-hybridized carbons (Fsp3) is 0.714. The van der Waals surface area contributed by atoms with Gasteiger partial charge in [0.25, 0.3) is 0 Å². The van der Waals surface area contributed by atoms with Crippen LogP contribution in [0.25, 0.3) is 0 Å². The Kier molecular flexibility index (Phi) is 2.50. The van der Waals surface area contributed by atoms with E-state index in [1.54, 1.807) is 13.8 Å². The van der Waals surface area contributed by atoms with Crippen molar-refractivity contribution < 1.29 is 19.4 Å². The predicted octanol–water partition coefficient (Wildman–Crippen LogP) is 1.71. The normalized spacial score (nSPS) is 43.7. The number of rotatable bonds is 3. The molecule has 2 fully saturated rings. The number of carbonyl (C=O) groups is 2. The van der Waals surface area contributed by atoms with Crippen molar-refractivity contribution in [2.75, 3.05) is 0 Å². The van der Waals surface area contributed by atoms with Gasteiger partial charge in [-0.2, -0.15) is 0 Å². The Labute approximate surface area is 106 Å². The Morgan fingerprint density at radius 3 is 2.22 bits per heavy atom. The highest BCUT2D eigenvalue weighted by molar-refractivity contribution is 5.83. The molecule has 2 bridgehead atoms. The molecular formula is C14H18O4. The van der Waals surface area contributed by atoms with Crippen LogP contribution in [0.5, 0.6) is 0 Å². The van der Waals surface area contributed by atoms with Gasteiger partial charge in [0.2, 0.25) is 0 Å². The van der Waals surface area contributed by atoms with E-state index in [2.05, 4.69) is 0 Å². The van der Waals surface area contributed by atoms with Crippen molar-refractivity contribution in [3.05, 3.63) is 12.2 Å². The molecule has 0 unspecified atom stereocenters. The van der Waals surface area contributed by atoms with E-state index in [-0.39, 0.29) is 23.9 Å². The minimum Gasteiger partial charge on any atom is -0.481 e. The highest BCUT2D eigenvalue weighted by Crippen LogP contribution is 2.63. The maximum Gasteiger partial charge on any atom is 0.310 e. The van der Waals surface area contributed by atoms with Crippen molar-refractivity contribution >= 4 is 11.9 Å². The maximum absolute atomic E-state index is 12.2. The third-order valence-corrected chi connectivity index (χ3v) is 4.56. The highest BCUT2D eigenvalue weighted by atomic mass is 16.5. The quantitative estimate of drug-likeness (QED) is 0.611. The van der Waals surface area contributed by atoms with Crippen LogP contribution >= 0.6 is 0 Å². The Bertz CT molecular complexity index is 426. The summed E-state index contributed by atoms with van der Waals surface area (Å²) >= 11 is 0. The van der Waals surface area contributed by atoms with Crippen LogP contribution in [0.15, 0.2) is 12.2 Å². The van der Waals surface area contributed by atoms with E-state index in [0.29, 0.717) is 11.8 Å². The molecule has 0 spiro atoms. The third-order valence-electron chi connectivity index (χ3n) is 4.56. The number of aliphatic carboxylic acids is 1. The second-order valence-electron chi connectivity index (χ2n) is 5.98. The number of hydrogen-bond acceptors (Lipinski definition) is 3. The first-order chi connectivity index (χ1) is 8.50. The van der Waals surface area contributed by atoms with Gasteiger partial charge in [0.05, 0.1) is 17.9 Å². The van der Waals surface area contributed by atoms with Crippen molar-refractivity contribution in [2.45, 2.75) is 26.4 Å². The maximum atomic E-state index is 12.2. The molecule has 98 valence electrons. The molecule has 0 radical (unpaired) electrons. The van der Waals surface area contributed by atoms with Crippen LogP contribution in [0.2, 0.25) is 0 Å². The van der Waals surface area contributed by atoms with Crippen LogP contribution in [-0.4, -0.2) is 23.1 Å². The second kappa shape index (κ2) is 3.84. The van der Waals surface area contributed by atoms with Crippen LogP contribution in [0.4, 0.5) is 0 Å². The number of carboxylic acids is 1. The van der Waals surface area contributed by atoms with Gasteiger partial charge in [0.1, 0.15) is 0 Å². The number of carboxylic acid groups (broad SMARTS) is 1. The molecule has 4 rings (SSSR count). The van der Waals surface area contributed by atoms with Crippen molar-refractivity contribution in [1.82, 2.24) is 0 Å². The summed E-state index contributed by atoms with van der Waals surface area (Å²) in [4.78, 5) is 23.6. The lowest BCUT2D eigenvalue weighted by molar-refractivity contribution is -0.167. The number of carbonyl (C=O) groups excluding carboxylic acids is 1. The van der Waals surface area contributed by atoms with Gasteiger partial charge in [-0.1, -0.05) is 12.2 Å². The van der Waals surface area contributed by atoms with E-state index in [9.17, 15) is 14.7 Å². The minimum absolute atomic E-state index is 0.0298. The molecule has 6 atom stereocenters. The smallest absolute Gasteiger partial charge is 0.310 e. The molecule has 18 heavy (non-hydrogen) atoms. The van der Waals surface area contributed by atoms with E-state index in [1.165, 1.54) is 0 Å². The molecule has 0 amide bonds. The van der Waals surface area contributed by atoms with Gasteiger partial charge in [-0.25, -0.2) is 0 Å². The van der Waals surface area contributed by atoms with Gasteiger partial charge in [0.15, 0.2) is 0 Å². The van der Waals surface area contributed by atoms with Gasteiger partial charge < -0.3 is 9.84 Å². The summed E-state index contributed by atoms with van der Waals surface area (Å²) in [5.41, 5.74) is 0. The van der Waals surface area contributed by atoms with Crippen LogP contribution < -0.4 is 0 Å². The molecule has 0 saturated heterocycles. The molecule has 0 aliphatic heterocycles. The lowest BCUT2D eigenvalue weighted by Crippen LogP contribution is -2.47. The fourth-order valence-corrected chi connectivity index (χ4v) is 3.85. The topological polar surface area (TPSA) is 63.6 Å². The zero-order chi connectivity index (χ0) is 13.0. The molecule has 0 aromatic carbocycles. The summed E-state index contributed by atoms with van der Waals surface area (Å²) in [6.07, 6.45) is 4.94. The van der Waals surface area contributed by atoms with Crippen LogP contribution in [0, 0.1) is 35.5 Å². The molecular weight excluding hydrogens is 232 g/mol. The molecule has 2 saturated carbocycles. The Morgan fingerprint density at radius 2 is 1.72 bits per heavy atom. The largest absolute Gasteiger partial charge is 0.481 e. The van der Waals surface area contributed by atoms with Crippen molar-refractivity contribution in [2.24, 2.45) is 35.5 Å². The zero-order valence-corrected chi connectivity index (χ0v) is 10.6. The average Bonchev–Trinajstić information content (AvgIpc) is 3.07. The Hall–Kier alpha value is -1.32. The summed E-state index contributed by atoms with van der Waals surface area (Å²) in [5.74, 6) is -1.15. The lowest BCUT2D eigenvalue weighted by Gasteiger charge is -2.41. The molecule has 4 nitrogen and oxygen atoms in total. The first kappa shape index (κ1) is 11.8. The highest BCUT2D eigenvalue weighted by Gasteiger charge is 2.63. The SMILES string of the molecule is CC(C)OC(=O)[C@@H]1[C@H]2C=C[C@@H]([C@@H]3C[C@@H]23)[C@@H]1C(=O)O. The van der Waals surface area contributed by atoms with E-state index < -0.39 is 17.8 Å².